The van der Waals surface area contributed by atoms with E-state index in [-0.39, 0.29) is 12.4 Å². The molecule has 0 N–H and O–H groups in total. The van der Waals surface area contributed by atoms with Gasteiger partial charge >= 0.3 is 5.97 Å². The summed E-state index contributed by atoms with van der Waals surface area (Å²) in [4.78, 5) is 11.6. The monoisotopic (exact) mass is 612 g/mol. The number of carbonyl (C=O) groups is 1. The molecule has 0 unspecified atom stereocenters. The Labute approximate surface area is 261 Å². The van der Waals surface area contributed by atoms with Gasteiger partial charge in [-0.05, 0) is 51.3 Å². The molecule has 9 nitrogen and oxygen atoms in total. The first-order valence-corrected chi connectivity index (χ1v) is 16.3. The number of ether oxygens (including phenoxy) is 8. The summed E-state index contributed by atoms with van der Waals surface area (Å²) in [5, 5.41) is 0. The van der Waals surface area contributed by atoms with E-state index in [4.69, 9.17) is 37.9 Å². The van der Waals surface area contributed by atoms with E-state index < -0.39 is 5.60 Å². The smallest absolute Gasteiger partial charge is 0.308 e. The van der Waals surface area contributed by atoms with Gasteiger partial charge in [0.1, 0.15) is 18.0 Å². The molecular weight excluding hydrogens is 552 g/mol. The molecule has 9 heteroatoms. The van der Waals surface area contributed by atoms with E-state index in [9.17, 15) is 4.79 Å². The standard InChI is InChI=1S/C34H60O9/c1-5-6-7-8-9-10-11-12-31-13-15-32(16-14-31)42-30-29-41-28-27-40-26-25-39-24-23-38-22-21-37-20-19-36-18-17-33(35)43-34(2,3)4/h13-16H,5-12,17-30H2,1-4H3. The highest BCUT2D eigenvalue weighted by Gasteiger charge is 2.15. The van der Waals surface area contributed by atoms with Gasteiger partial charge in [-0.15, -0.1) is 0 Å². The molecule has 0 atom stereocenters. The molecular formula is C34H60O9. The molecule has 0 fully saturated rings. The molecule has 1 aromatic rings. The number of carbonyl (C=O) groups excluding carboxylic acids is 1. The van der Waals surface area contributed by atoms with Crippen LogP contribution in [0.1, 0.15) is 84.6 Å². The largest absolute Gasteiger partial charge is 0.491 e. The van der Waals surface area contributed by atoms with Crippen LogP contribution in [-0.2, 0) is 44.4 Å². The lowest BCUT2D eigenvalue weighted by atomic mass is 10.0. The van der Waals surface area contributed by atoms with Gasteiger partial charge in [-0.3, -0.25) is 4.79 Å². The van der Waals surface area contributed by atoms with Gasteiger partial charge in [0.25, 0.3) is 0 Å². The van der Waals surface area contributed by atoms with E-state index in [0.29, 0.717) is 85.9 Å². The first-order valence-electron chi connectivity index (χ1n) is 16.3. The SMILES string of the molecule is CCCCCCCCCc1ccc(OCCOCCOCCOCCOCCOCCOCCC(=O)OC(C)(C)C)cc1. The summed E-state index contributed by atoms with van der Waals surface area (Å²) in [6.07, 6.45) is 10.8. The first kappa shape index (κ1) is 39.3. The lowest BCUT2D eigenvalue weighted by molar-refractivity contribution is -0.156. The second-order valence-electron chi connectivity index (χ2n) is 11.4. The Morgan fingerprint density at radius 1 is 0.558 bits per heavy atom. The highest BCUT2D eigenvalue weighted by atomic mass is 16.6. The molecule has 0 aliphatic carbocycles. The van der Waals surface area contributed by atoms with Crippen LogP contribution < -0.4 is 4.74 Å². The van der Waals surface area contributed by atoms with Crippen molar-refractivity contribution < 1.29 is 42.7 Å². The van der Waals surface area contributed by atoms with Gasteiger partial charge in [-0.1, -0.05) is 57.6 Å². The normalized spacial score (nSPS) is 11.6. The maximum Gasteiger partial charge on any atom is 0.308 e. The van der Waals surface area contributed by atoms with Crippen molar-refractivity contribution in [2.75, 3.05) is 85.9 Å². The van der Waals surface area contributed by atoms with Crippen LogP contribution in [0.25, 0.3) is 0 Å². The summed E-state index contributed by atoms with van der Waals surface area (Å²) in [5.41, 5.74) is 0.912. The van der Waals surface area contributed by atoms with Gasteiger partial charge in [0.2, 0.25) is 0 Å². The number of unbranched alkanes of at least 4 members (excludes halogenated alkanes) is 6. The molecule has 1 aromatic carbocycles. The summed E-state index contributed by atoms with van der Waals surface area (Å²) >= 11 is 0. The molecule has 0 saturated heterocycles. The predicted molar refractivity (Wildman–Crippen MR) is 169 cm³/mol. The third-order valence-corrected chi connectivity index (χ3v) is 6.22. The van der Waals surface area contributed by atoms with E-state index in [0.717, 1.165) is 12.2 Å². The molecule has 250 valence electrons. The summed E-state index contributed by atoms with van der Waals surface area (Å²) in [6.45, 7) is 14.1. The fourth-order valence-corrected chi connectivity index (χ4v) is 4.01. The fraction of sp³-hybridized carbons (Fsp3) is 0.794. The van der Waals surface area contributed by atoms with E-state index in [2.05, 4.69) is 31.2 Å². The Morgan fingerprint density at radius 2 is 0.977 bits per heavy atom. The molecule has 0 aliphatic heterocycles. The fourth-order valence-electron chi connectivity index (χ4n) is 4.01. The van der Waals surface area contributed by atoms with Crippen LogP contribution in [0.3, 0.4) is 0 Å². The van der Waals surface area contributed by atoms with Crippen LogP contribution in [0.2, 0.25) is 0 Å². The summed E-state index contributed by atoms with van der Waals surface area (Å²) in [5.74, 6) is 0.627. The molecule has 0 aromatic heterocycles. The lowest BCUT2D eigenvalue weighted by Crippen LogP contribution is -2.24. The summed E-state index contributed by atoms with van der Waals surface area (Å²) < 4.78 is 43.8. The van der Waals surface area contributed by atoms with Crippen LogP contribution in [0.15, 0.2) is 24.3 Å². The molecule has 0 amide bonds. The maximum absolute atomic E-state index is 11.6. The van der Waals surface area contributed by atoms with Gasteiger partial charge in [-0.2, -0.15) is 0 Å². The minimum atomic E-state index is -0.467. The molecule has 1 rings (SSSR count). The third-order valence-electron chi connectivity index (χ3n) is 6.22. The Kier molecular flexibility index (Phi) is 25.4. The number of hydrogen-bond acceptors (Lipinski definition) is 9. The van der Waals surface area contributed by atoms with E-state index >= 15 is 0 Å². The predicted octanol–water partition coefficient (Wildman–Crippen LogP) is 6.19. The number of hydrogen-bond donors (Lipinski definition) is 0. The van der Waals surface area contributed by atoms with Crippen LogP contribution in [0.5, 0.6) is 5.75 Å². The number of esters is 1. The van der Waals surface area contributed by atoms with Crippen molar-refractivity contribution in [2.45, 2.75) is 91.1 Å². The molecule has 0 spiro atoms. The van der Waals surface area contributed by atoms with Crippen LogP contribution in [0.4, 0.5) is 0 Å². The van der Waals surface area contributed by atoms with Crippen molar-refractivity contribution in [1.29, 1.82) is 0 Å². The van der Waals surface area contributed by atoms with Gasteiger partial charge in [0.05, 0.1) is 85.7 Å². The zero-order valence-corrected chi connectivity index (χ0v) is 27.5. The van der Waals surface area contributed by atoms with Crippen LogP contribution >= 0.6 is 0 Å². The maximum atomic E-state index is 11.6. The first-order chi connectivity index (χ1) is 20.9. The quantitative estimate of drug-likeness (QED) is 0.0745. The Hall–Kier alpha value is -1.75. The second-order valence-corrected chi connectivity index (χ2v) is 11.4. The lowest BCUT2D eigenvalue weighted by Gasteiger charge is -2.19. The zero-order valence-electron chi connectivity index (χ0n) is 27.5. The van der Waals surface area contributed by atoms with Gasteiger partial charge in [0, 0.05) is 0 Å². The van der Waals surface area contributed by atoms with Crippen molar-refractivity contribution >= 4 is 5.97 Å². The number of benzene rings is 1. The molecule has 0 saturated carbocycles. The van der Waals surface area contributed by atoms with E-state index in [1.165, 1.54) is 50.5 Å². The summed E-state index contributed by atoms with van der Waals surface area (Å²) in [6, 6.07) is 8.44. The third kappa shape index (κ3) is 27.5. The summed E-state index contributed by atoms with van der Waals surface area (Å²) in [7, 11) is 0. The van der Waals surface area contributed by atoms with Gasteiger partial charge in [-0.25, -0.2) is 0 Å². The van der Waals surface area contributed by atoms with Crippen molar-refractivity contribution in [3.8, 4) is 5.75 Å². The highest BCUT2D eigenvalue weighted by Crippen LogP contribution is 2.15. The average molecular weight is 613 g/mol. The zero-order chi connectivity index (χ0) is 31.3. The van der Waals surface area contributed by atoms with Crippen LogP contribution in [-0.4, -0.2) is 97.5 Å². The minimum Gasteiger partial charge on any atom is -0.491 e. The number of aryl methyl sites for hydroxylation is 1. The topological polar surface area (TPSA) is 90.9 Å². The Bertz CT molecular complexity index is 749. The van der Waals surface area contributed by atoms with Crippen molar-refractivity contribution in [3.05, 3.63) is 29.8 Å². The Balaban J connectivity index is 1.77. The van der Waals surface area contributed by atoms with E-state index in [1.54, 1.807) is 0 Å². The molecule has 0 heterocycles. The van der Waals surface area contributed by atoms with Gasteiger partial charge < -0.3 is 37.9 Å². The average Bonchev–Trinajstić information content (AvgIpc) is 2.97. The number of rotatable bonds is 30. The van der Waals surface area contributed by atoms with Crippen molar-refractivity contribution in [1.82, 2.24) is 0 Å². The highest BCUT2D eigenvalue weighted by molar-refractivity contribution is 5.69. The Morgan fingerprint density at radius 3 is 1.44 bits per heavy atom. The molecule has 0 aliphatic rings. The molecule has 0 radical (unpaired) electrons. The van der Waals surface area contributed by atoms with Crippen LogP contribution in [0, 0.1) is 0 Å². The molecule has 43 heavy (non-hydrogen) atoms. The molecule has 0 bridgehead atoms. The minimum absolute atomic E-state index is 0.240. The van der Waals surface area contributed by atoms with Crippen molar-refractivity contribution in [2.24, 2.45) is 0 Å². The van der Waals surface area contributed by atoms with E-state index in [1.807, 2.05) is 20.8 Å². The second kappa shape index (κ2) is 27.8. The van der Waals surface area contributed by atoms with Gasteiger partial charge in [0.15, 0.2) is 0 Å². The van der Waals surface area contributed by atoms with Crippen molar-refractivity contribution in [3.63, 3.8) is 0 Å².